The van der Waals surface area contributed by atoms with Crippen molar-refractivity contribution in [2.75, 3.05) is 41.0 Å². The molecule has 0 atom stereocenters. The number of benzene rings is 2. The first-order valence-corrected chi connectivity index (χ1v) is 12.7. The molecule has 2 aromatic carbocycles. The Labute approximate surface area is 225 Å². The van der Waals surface area contributed by atoms with Gasteiger partial charge in [0.05, 0.1) is 27.9 Å². The fraction of sp³-hybridized carbons (Fsp3) is 0.400. The molecule has 0 aliphatic heterocycles. The van der Waals surface area contributed by atoms with Crippen LogP contribution in [0, 0.1) is 12.8 Å². The highest BCUT2D eigenvalue weighted by molar-refractivity contribution is 5.96. The van der Waals surface area contributed by atoms with Gasteiger partial charge in [0.1, 0.15) is 23.8 Å². The van der Waals surface area contributed by atoms with Crippen molar-refractivity contribution < 1.29 is 28.2 Å². The van der Waals surface area contributed by atoms with Crippen molar-refractivity contribution in [3.63, 3.8) is 0 Å². The number of amides is 2. The smallest absolute Gasteiger partial charge is 0.254 e. The van der Waals surface area contributed by atoms with Crippen molar-refractivity contribution in [2.45, 2.75) is 33.7 Å². The summed E-state index contributed by atoms with van der Waals surface area (Å²) in [5.74, 6) is 3.28. The van der Waals surface area contributed by atoms with Gasteiger partial charge in [-0.1, -0.05) is 19.9 Å². The van der Waals surface area contributed by atoms with E-state index >= 15 is 0 Å². The van der Waals surface area contributed by atoms with E-state index < -0.39 is 0 Å². The second-order valence-corrected chi connectivity index (χ2v) is 9.58. The van der Waals surface area contributed by atoms with E-state index in [4.69, 9.17) is 18.6 Å². The van der Waals surface area contributed by atoms with E-state index in [2.05, 4.69) is 0 Å². The average molecular weight is 523 g/mol. The molecule has 38 heavy (non-hydrogen) atoms. The van der Waals surface area contributed by atoms with E-state index in [1.807, 2.05) is 51.1 Å². The van der Waals surface area contributed by atoms with Crippen LogP contribution in [0.4, 0.5) is 0 Å². The molecule has 1 aromatic heterocycles. The molecule has 0 N–H and O–H groups in total. The minimum absolute atomic E-state index is 0.0331. The summed E-state index contributed by atoms with van der Waals surface area (Å²) in [6.07, 6.45) is 0.600. The lowest BCUT2D eigenvalue weighted by Crippen LogP contribution is -2.44. The highest BCUT2D eigenvalue weighted by atomic mass is 16.5. The maximum atomic E-state index is 13.7. The van der Waals surface area contributed by atoms with Crippen LogP contribution in [0.15, 0.2) is 59.0 Å². The molecule has 0 saturated carbocycles. The van der Waals surface area contributed by atoms with E-state index in [9.17, 15) is 9.59 Å². The molecule has 0 unspecified atom stereocenters. The molecule has 8 nitrogen and oxygen atoms in total. The fourth-order valence-electron chi connectivity index (χ4n) is 4.19. The number of carbonyl (C=O) groups is 2. The van der Waals surface area contributed by atoms with Gasteiger partial charge in [0.15, 0.2) is 11.5 Å². The second-order valence-electron chi connectivity index (χ2n) is 9.58. The zero-order valence-corrected chi connectivity index (χ0v) is 23.2. The largest absolute Gasteiger partial charge is 0.497 e. The van der Waals surface area contributed by atoms with E-state index in [-0.39, 0.29) is 24.3 Å². The van der Waals surface area contributed by atoms with Crippen molar-refractivity contribution >= 4 is 11.8 Å². The molecule has 0 fully saturated rings. The van der Waals surface area contributed by atoms with Gasteiger partial charge in [-0.2, -0.15) is 0 Å². The lowest BCUT2D eigenvalue weighted by molar-refractivity contribution is -0.132. The Kier molecular flexibility index (Phi) is 10.2. The lowest BCUT2D eigenvalue weighted by atomic mass is 10.1. The van der Waals surface area contributed by atoms with Gasteiger partial charge in [-0.15, -0.1) is 0 Å². The zero-order valence-electron chi connectivity index (χ0n) is 23.2. The van der Waals surface area contributed by atoms with Crippen molar-refractivity contribution in [1.82, 2.24) is 9.80 Å². The van der Waals surface area contributed by atoms with Crippen LogP contribution in [-0.2, 0) is 17.8 Å². The minimum Gasteiger partial charge on any atom is -0.497 e. The molecule has 1 heterocycles. The molecule has 0 bridgehead atoms. The van der Waals surface area contributed by atoms with Crippen LogP contribution >= 0.6 is 0 Å². The van der Waals surface area contributed by atoms with Gasteiger partial charge in [0.2, 0.25) is 5.91 Å². The quantitative estimate of drug-likeness (QED) is 0.315. The predicted octanol–water partition coefficient (Wildman–Crippen LogP) is 4.98. The van der Waals surface area contributed by atoms with Gasteiger partial charge >= 0.3 is 0 Å². The highest BCUT2D eigenvalue weighted by Crippen LogP contribution is 2.28. The molecule has 2 amide bonds. The van der Waals surface area contributed by atoms with Crippen LogP contribution in [0.2, 0.25) is 0 Å². The fourth-order valence-corrected chi connectivity index (χ4v) is 4.19. The Hall–Kier alpha value is -3.94. The third kappa shape index (κ3) is 7.78. The van der Waals surface area contributed by atoms with Crippen molar-refractivity contribution in [3.8, 4) is 17.2 Å². The number of hydrogen-bond donors (Lipinski definition) is 0. The second kappa shape index (κ2) is 13.6. The van der Waals surface area contributed by atoms with Crippen molar-refractivity contribution in [1.29, 1.82) is 0 Å². The number of hydrogen-bond acceptors (Lipinski definition) is 6. The van der Waals surface area contributed by atoms with Crippen LogP contribution < -0.4 is 14.2 Å². The van der Waals surface area contributed by atoms with Gasteiger partial charge in [0, 0.05) is 18.7 Å². The summed E-state index contributed by atoms with van der Waals surface area (Å²) < 4.78 is 21.7. The van der Waals surface area contributed by atoms with Gasteiger partial charge in [-0.05, 0) is 73.4 Å². The van der Waals surface area contributed by atoms with Crippen molar-refractivity contribution in [2.24, 2.45) is 5.92 Å². The Balaban J connectivity index is 1.80. The molecule has 0 aliphatic rings. The van der Waals surface area contributed by atoms with E-state index in [1.165, 1.54) is 0 Å². The lowest BCUT2D eigenvalue weighted by Gasteiger charge is -2.28. The van der Waals surface area contributed by atoms with Gasteiger partial charge in [-0.3, -0.25) is 9.59 Å². The van der Waals surface area contributed by atoms with Crippen LogP contribution in [0.3, 0.4) is 0 Å². The number of nitrogens with zero attached hydrogens (tertiary/aromatic N) is 2. The third-order valence-electron chi connectivity index (χ3n) is 6.15. The summed E-state index contributed by atoms with van der Waals surface area (Å²) in [5.41, 5.74) is 1.52. The van der Waals surface area contributed by atoms with E-state index in [0.717, 1.165) is 11.3 Å². The number of ether oxygens (including phenoxy) is 3. The van der Waals surface area contributed by atoms with Crippen LogP contribution in [0.5, 0.6) is 17.2 Å². The average Bonchev–Trinajstić information content (AvgIpc) is 3.34. The molecule has 0 radical (unpaired) electrons. The first-order chi connectivity index (χ1) is 18.2. The maximum absolute atomic E-state index is 13.7. The molecule has 0 saturated heterocycles. The number of carbonyl (C=O) groups excluding carboxylic acids is 2. The first kappa shape index (κ1) is 28.6. The number of furan rings is 1. The standard InChI is InChI=1S/C30H38N2O6/c1-21(2)18-32(30(34)24-9-12-25(35-4)13-10-24)20-29(33)31(19-26-11-7-22(3)38-26)16-15-23-8-14-27(36-5)28(17-23)37-6/h7-14,17,21H,15-16,18-20H2,1-6H3. The summed E-state index contributed by atoms with van der Waals surface area (Å²) in [6, 6.07) is 16.4. The normalized spacial score (nSPS) is 10.8. The molecule has 8 heteroatoms. The molecule has 0 spiro atoms. The summed E-state index contributed by atoms with van der Waals surface area (Å²) in [5, 5.41) is 0. The minimum atomic E-state index is -0.191. The molecule has 3 aromatic rings. The number of aryl methyl sites for hydroxylation is 1. The molecule has 0 aliphatic carbocycles. The highest BCUT2D eigenvalue weighted by Gasteiger charge is 2.24. The van der Waals surface area contributed by atoms with Crippen LogP contribution in [0.1, 0.15) is 41.3 Å². The van der Waals surface area contributed by atoms with E-state index in [0.29, 0.717) is 54.6 Å². The molecule has 3 rings (SSSR count). The SMILES string of the molecule is COc1ccc(C(=O)N(CC(=O)N(CCc2ccc(OC)c(OC)c2)Cc2ccc(C)o2)CC(C)C)cc1. The Morgan fingerprint density at radius 3 is 2.16 bits per heavy atom. The molecular formula is C30H38N2O6. The molecular weight excluding hydrogens is 484 g/mol. The Bertz CT molecular complexity index is 1200. The van der Waals surface area contributed by atoms with Gasteiger partial charge < -0.3 is 28.4 Å². The van der Waals surface area contributed by atoms with Gasteiger partial charge in [0.25, 0.3) is 5.91 Å². The van der Waals surface area contributed by atoms with Gasteiger partial charge in [-0.25, -0.2) is 0 Å². The number of methoxy groups -OCH3 is 3. The zero-order chi connectivity index (χ0) is 27.7. The number of rotatable bonds is 13. The summed E-state index contributed by atoms with van der Waals surface area (Å²) >= 11 is 0. The monoisotopic (exact) mass is 522 g/mol. The van der Waals surface area contributed by atoms with Crippen LogP contribution in [0.25, 0.3) is 0 Å². The first-order valence-electron chi connectivity index (χ1n) is 12.7. The summed E-state index contributed by atoms with van der Waals surface area (Å²) in [6.45, 7) is 7.11. The molecule has 204 valence electrons. The third-order valence-corrected chi connectivity index (χ3v) is 6.15. The van der Waals surface area contributed by atoms with Crippen LogP contribution in [-0.4, -0.2) is 62.6 Å². The van der Waals surface area contributed by atoms with Crippen molar-refractivity contribution in [3.05, 3.63) is 77.2 Å². The summed E-state index contributed by atoms with van der Waals surface area (Å²) in [4.78, 5) is 30.4. The topological polar surface area (TPSA) is 81.5 Å². The predicted molar refractivity (Wildman–Crippen MR) is 146 cm³/mol. The maximum Gasteiger partial charge on any atom is 0.254 e. The summed E-state index contributed by atoms with van der Waals surface area (Å²) in [7, 11) is 4.77. The Morgan fingerprint density at radius 2 is 1.58 bits per heavy atom. The Morgan fingerprint density at radius 1 is 0.868 bits per heavy atom. The van der Waals surface area contributed by atoms with E-state index in [1.54, 1.807) is 55.4 Å².